The van der Waals surface area contributed by atoms with Crippen molar-refractivity contribution >= 4 is 11.6 Å². The van der Waals surface area contributed by atoms with Crippen LogP contribution in [0.25, 0.3) is 45.0 Å². The molecule has 0 bridgehead atoms. The average Bonchev–Trinajstić information content (AvgIpc) is 3.37. The van der Waals surface area contributed by atoms with Crippen molar-refractivity contribution in [3.8, 4) is 74.4 Å². The molecule has 0 radical (unpaired) electrons. The highest BCUT2D eigenvalue weighted by Crippen LogP contribution is 2.31. The zero-order chi connectivity index (χ0) is 54.1. The summed E-state index contributed by atoms with van der Waals surface area (Å²) in [5, 5.41) is 0. The van der Waals surface area contributed by atoms with Crippen molar-refractivity contribution in [2.45, 2.75) is 47.7 Å². The monoisotopic (exact) mass is 1030 g/mol. The molecule has 388 valence electrons. The lowest BCUT2D eigenvalue weighted by atomic mass is 10.1. The van der Waals surface area contributed by atoms with E-state index in [0.717, 1.165) is 22.3 Å². The molecule has 0 unspecified atom stereocenters. The Morgan fingerprint density at radius 3 is 1.19 bits per heavy atom. The van der Waals surface area contributed by atoms with Crippen molar-refractivity contribution in [3.05, 3.63) is 149 Å². The summed E-state index contributed by atoms with van der Waals surface area (Å²) in [6.07, 6.45) is 2.92. The minimum absolute atomic E-state index is 0.179. The van der Waals surface area contributed by atoms with Crippen LogP contribution in [0.15, 0.2) is 104 Å². The van der Waals surface area contributed by atoms with Gasteiger partial charge < -0.3 is 35.2 Å². The predicted molar refractivity (Wildman–Crippen MR) is 264 cm³/mol. The number of aryl methyl sites for hydroxylation is 4. The summed E-state index contributed by atoms with van der Waals surface area (Å²) in [5.74, 6) is -0.568. The fraction of sp³-hybridized carbons (Fsp3) is 0.231. The minimum atomic E-state index is -4.51. The van der Waals surface area contributed by atoms with E-state index in [-0.39, 0.29) is 46.5 Å². The summed E-state index contributed by atoms with van der Waals surface area (Å²) in [7, 11) is 2.97. The molecule has 0 fully saturated rings. The molecular formula is C52H51F7N10O5. The first-order valence-corrected chi connectivity index (χ1v) is 22.3. The van der Waals surface area contributed by atoms with Gasteiger partial charge in [0.2, 0.25) is 5.88 Å². The molecule has 8 aromatic rings. The third-order valence-corrected chi connectivity index (χ3v) is 10.1. The standard InChI is InChI=1S/C13H11F4N3O.C13H14FN3O.C13H13FN2O2.C13H13FN2O/c1-7-2-3-8(14)4-9(7)10-5-19-11(18)12(20-10)21-6-13(15,16)17;1-3-18-13-12(15)16-7-11(17-13)10-6-9(14)5-4-8(10)2;1-8-4-5-9(14)6-10(8)11-7-15-12(17-2)13(16-11)18-3;1-3-17-13-8-15-7-12(16-13)11-6-10(14)5-4-9(11)2/h2-5H,6H2,1H3,(H2,18,19);4-7H,3H2,1-2H3,(H2,15,16);4-7H,1-3H3;4-8H,3H2,1-2H3. The van der Waals surface area contributed by atoms with E-state index in [1.54, 1.807) is 37.5 Å². The molecule has 15 nitrogen and oxygen atoms in total. The van der Waals surface area contributed by atoms with E-state index in [9.17, 15) is 30.7 Å². The molecule has 4 aromatic heterocycles. The van der Waals surface area contributed by atoms with Gasteiger partial charge in [-0.05, 0) is 112 Å². The summed E-state index contributed by atoms with van der Waals surface area (Å²) >= 11 is 0. The highest BCUT2D eigenvalue weighted by Gasteiger charge is 2.29. The fourth-order valence-electron chi connectivity index (χ4n) is 6.46. The van der Waals surface area contributed by atoms with Gasteiger partial charge in [0.15, 0.2) is 18.2 Å². The number of rotatable bonds is 12. The molecule has 4 heterocycles. The molecule has 74 heavy (non-hydrogen) atoms. The molecule has 0 saturated heterocycles. The number of nitrogens with two attached hydrogens (primary N) is 2. The number of nitrogen functional groups attached to an aromatic ring is 2. The fourth-order valence-corrected chi connectivity index (χ4v) is 6.46. The summed E-state index contributed by atoms with van der Waals surface area (Å²) in [4.78, 5) is 32.5. The predicted octanol–water partition coefficient (Wildman–Crippen LogP) is 11.3. The van der Waals surface area contributed by atoms with Crippen LogP contribution >= 0.6 is 0 Å². The Kier molecular flexibility index (Phi) is 19.9. The van der Waals surface area contributed by atoms with Gasteiger partial charge in [-0.2, -0.15) is 13.2 Å². The van der Waals surface area contributed by atoms with Gasteiger partial charge in [-0.1, -0.05) is 24.3 Å². The number of aromatic nitrogens is 8. The largest absolute Gasteiger partial charge is 0.477 e. The van der Waals surface area contributed by atoms with Crippen LogP contribution in [0, 0.1) is 51.0 Å². The van der Waals surface area contributed by atoms with Crippen molar-refractivity contribution in [3.63, 3.8) is 0 Å². The molecule has 0 saturated carbocycles. The van der Waals surface area contributed by atoms with Crippen molar-refractivity contribution in [2.75, 3.05) is 45.5 Å². The minimum Gasteiger partial charge on any atom is -0.477 e. The average molecular weight is 1030 g/mol. The van der Waals surface area contributed by atoms with Crippen LogP contribution in [0.3, 0.4) is 0 Å². The Bertz CT molecular complexity index is 3170. The second-order valence-corrected chi connectivity index (χ2v) is 15.5. The maximum Gasteiger partial charge on any atom is 0.422 e. The number of methoxy groups -OCH3 is 2. The SMILES string of the molecule is CCOc1cncc(-c2cc(F)ccc2C)n1.CCOc1nc(-c2cc(F)ccc2C)cnc1N.COc1ncc(-c2cc(F)ccc2C)nc1OC.Cc1ccc(F)cc1-c1cnc(N)c(OCC(F)(F)F)n1. The van der Waals surface area contributed by atoms with Gasteiger partial charge in [0, 0.05) is 22.3 Å². The van der Waals surface area contributed by atoms with E-state index in [0.29, 0.717) is 64.3 Å². The van der Waals surface area contributed by atoms with Gasteiger partial charge in [0.05, 0.1) is 81.2 Å². The third-order valence-electron chi connectivity index (χ3n) is 10.1. The maximum atomic E-state index is 13.3. The molecule has 8 rings (SSSR count). The zero-order valence-corrected chi connectivity index (χ0v) is 41.4. The molecule has 0 aliphatic carbocycles. The Balaban J connectivity index is 0.000000183. The van der Waals surface area contributed by atoms with Crippen LogP contribution in [0.5, 0.6) is 29.4 Å². The van der Waals surface area contributed by atoms with E-state index >= 15 is 0 Å². The normalized spacial score (nSPS) is 10.6. The van der Waals surface area contributed by atoms with Crippen LogP contribution in [-0.4, -0.2) is 80.1 Å². The second kappa shape index (κ2) is 26.1. The number of halogens is 7. The zero-order valence-electron chi connectivity index (χ0n) is 41.4. The molecule has 0 aliphatic rings. The Morgan fingerprint density at radius 1 is 0.446 bits per heavy atom. The number of hydrogen-bond donors (Lipinski definition) is 2. The summed E-state index contributed by atoms with van der Waals surface area (Å²) in [6.45, 7) is 10.5. The van der Waals surface area contributed by atoms with Gasteiger partial charge in [0.1, 0.15) is 23.3 Å². The maximum absolute atomic E-state index is 13.3. The van der Waals surface area contributed by atoms with Crippen molar-refractivity contribution < 1.29 is 54.4 Å². The van der Waals surface area contributed by atoms with E-state index in [1.807, 2.05) is 34.6 Å². The Labute approximate surface area is 421 Å². The van der Waals surface area contributed by atoms with Crippen LogP contribution < -0.4 is 35.2 Å². The lowest BCUT2D eigenvalue weighted by Gasteiger charge is -2.11. The van der Waals surface area contributed by atoms with Gasteiger partial charge >= 0.3 is 6.18 Å². The molecule has 4 aromatic carbocycles. The first kappa shape index (κ1) is 56.2. The van der Waals surface area contributed by atoms with Crippen LogP contribution in [-0.2, 0) is 0 Å². The van der Waals surface area contributed by atoms with E-state index in [2.05, 4.69) is 44.6 Å². The van der Waals surface area contributed by atoms with Crippen molar-refractivity contribution in [1.29, 1.82) is 0 Å². The topological polar surface area (TPSA) is 201 Å². The smallest absolute Gasteiger partial charge is 0.422 e. The van der Waals surface area contributed by atoms with E-state index in [1.165, 1.54) is 87.4 Å². The number of benzene rings is 4. The number of alkyl halides is 3. The van der Waals surface area contributed by atoms with Crippen LogP contribution in [0.1, 0.15) is 36.1 Å². The lowest BCUT2D eigenvalue weighted by Crippen LogP contribution is -2.20. The molecule has 0 aliphatic heterocycles. The van der Waals surface area contributed by atoms with Gasteiger partial charge in [-0.15, -0.1) is 0 Å². The number of nitrogens with zero attached hydrogens (tertiary/aromatic N) is 8. The van der Waals surface area contributed by atoms with Crippen molar-refractivity contribution in [2.24, 2.45) is 0 Å². The van der Waals surface area contributed by atoms with Gasteiger partial charge in [0.25, 0.3) is 23.5 Å². The number of hydrogen-bond acceptors (Lipinski definition) is 15. The molecule has 0 amide bonds. The van der Waals surface area contributed by atoms with E-state index < -0.39 is 24.5 Å². The molecule has 0 spiro atoms. The van der Waals surface area contributed by atoms with Gasteiger partial charge in [-0.25, -0.2) is 52.4 Å². The van der Waals surface area contributed by atoms with Crippen LogP contribution in [0.4, 0.5) is 42.4 Å². The second-order valence-electron chi connectivity index (χ2n) is 15.5. The quantitative estimate of drug-likeness (QED) is 0.109. The molecule has 0 atom stereocenters. The Morgan fingerprint density at radius 2 is 0.811 bits per heavy atom. The Hall–Kier alpha value is -8.69. The van der Waals surface area contributed by atoms with Crippen molar-refractivity contribution in [1.82, 2.24) is 39.9 Å². The summed E-state index contributed by atoms with van der Waals surface area (Å²) < 4.78 is 115. The molecule has 22 heteroatoms. The first-order chi connectivity index (χ1) is 35.2. The highest BCUT2D eigenvalue weighted by molar-refractivity contribution is 5.67. The summed E-state index contributed by atoms with van der Waals surface area (Å²) in [6, 6.07) is 17.7. The molecular weight excluding hydrogens is 978 g/mol. The first-order valence-electron chi connectivity index (χ1n) is 22.3. The number of ether oxygens (including phenoxy) is 5. The van der Waals surface area contributed by atoms with Gasteiger partial charge in [-0.3, -0.25) is 4.98 Å². The number of anilines is 2. The lowest BCUT2D eigenvalue weighted by molar-refractivity contribution is -0.154. The van der Waals surface area contributed by atoms with E-state index in [4.69, 9.17) is 30.4 Å². The van der Waals surface area contributed by atoms with Crippen LogP contribution in [0.2, 0.25) is 0 Å². The highest BCUT2D eigenvalue weighted by atomic mass is 19.4. The molecule has 4 N–H and O–H groups in total. The third kappa shape index (κ3) is 15.9. The summed E-state index contributed by atoms with van der Waals surface area (Å²) in [5.41, 5.74) is 18.9.